The molecule has 3 nitrogen and oxygen atoms in total. The van der Waals surface area contributed by atoms with Crippen molar-refractivity contribution in [2.45, 2.75) is 5.41 Å². The topological polar surface area (TPSA) is 38.7 Å². The number of benzene rings is 8. The van der Waals surface area contributed by atoms with E-state index in [0.29, 0.717) is 17.5 Å². The summed E-state index contributed by atoms with van der Waals surface area (Å²) in [5, 5.41) is 2.61. The van der Waals surface area contributed by atoms with Gasteiger partial charge in [0.05, 0.1) is 5.41 Å². The molecule has 1 aliphatic rings. The summed E-state index contributed by atoms with van der Waals surface area (Å²) in [5.41, 5.74) is 12.2. The Hall–Kier alpha value is -7.01. The minimum Gasteiger partial charge on any atom is -0.208 e. The van der Waals surface area contributed by atoms with Gasteiger partial charge in [-0.2, -0.15) is 0 Å². The molecule has 2 aromatic heterocycles. The maximum atomic E-state index is 5.11. The summed E-state index contributed by atoms with van der Waals surface area (Å²) in [7, 11) is 0. The lowest BCUT2D eigenvalue weighted by molar-refractivity contribution is 0.770. The molecule has 0 radical (unpaired) electrons. The molecular weight excluding hydrogens is 699 g/mol. The van der Waals surface area contributed by atoms with Gasteiger partial charge in [-0.05, 0) is 56.6 Å². The van der Waals surface area contributed by atoms with Crippen molar-refractivity contribution >= 4 is 31.5 Å². The molecular formula is C52H33N3S. The molecule has 1 aliphatic carbocycles. The monoisotopic (exact) mass is 731 g/mol. The lowest BCUT2D eigenvalue weighted by atomic mass is 9.67. The molecule has 0 saturated carbocycles. The smallest absolute Gasteiger partial charge is 0.164 e. The normalized spacial score (nSPS) is 12.8. The van der Waals surface area contributed by atoms with E-state index < -0.39 is 5.41 Å². The third-order valence-electron chi connectivity index (χ3n) is 11.3. The molecule has 8 aromatic carbocycles. The highest BCUT2D eigenvalue weighted by Gasteiger charge is 2.46. The Morgan fingerprint density at radius 2 is 0.750 bits per heavy atom. The van der Waals surface area contributed by atoms with Crippen LogP contribution in [-0.2, 0) is 5.41 Å². The van der Waals surface area contributed by atoms with Crippen LogP contribution in [0.2, 0.25) is 0 Å². The fraction of sp³-hybridized carbons (Fsp3) is 0.0192. The first kappa shape index (κ1) is 32.4. The van der Waals surface area contributed by atoms with Crippen molar-refractivity contribution in [3.05, 3.63) is 222 Å². The molecule has 0 spiro atoms. The molecule has 11 rings (SSSR count). The van der Waals surface area contributed by atoms with Gasteiger partial charge in [0.2, 0.25) is 0 Å². The Morgan fingerprint density at radius 3 is 1.38 bits per heavy atom. The number of rotatable bonds is 6. The van der Waals surface area contributed by atoms with Crippen LogP contribution in [0.4, 0.5) is 0 Å². The van der Waals surface area contributed by atoms with E-state index in [9.17, 15) is 0 Å². The fourth-order valence-electron chi connectivity index (χ4n) is 8.65. The molecule has 0 N–H and O–H groups in total. The zero-order valence-corrected chi connectivity index (χ0v) is 31.1. The zero-order valence-electron chi connectivity index (χ0n) is 30.3. The number of hydrogen-bond donors (Lipinski definition) is 0. The predicted octanol–water partition coefficient (Wildman–Crippen LogP) is 13.3. The van der Waals surface area contributed by atoms with Crippen LogP contribution in [-0.4, -0.2) is 15.0 Å². The van der Waals surface area contributed by atoms with E-state index in [1.807, 2.05) is 35.6 Å². The maximum Gasteiger partial charge on any atom is 0.164 e. The van der Waals surface area contributed by atoms with E-state index in [1.54, 1.807) is 0 Å². The summed E-state index contributed by atoms with van der Waals surface area (Å²) in [6.07, 6.45) is 0. The van der Waals surface area contributed by atoms with E-state index >= 15 is 0 Å². The second-order valence-electron chi connectivity index (χ2n) is 14.3. The van der Waals surface area contributed by atoms with Crippen molar-refractivity contribution in [1.29, 1.82) is 0 Å². The van der Waals surface area contributed by atoms with Gasteiger partial charge in [0.15, 0.2) is 17.5 Å². The first-order chi connectivity index (χ1) is 27.7. The third kappa shape index (κ3) is 5.14. The molecule has 0 amide bonds. The molecule has 0 saturated heterocycles. The average molecular weight is 732 g/mol. The number of fused-ring (bicyclic) bond motifs is 6. The van der Waals surface area contributed by atoms with Gasteiger partial charge in [-0.15, -0.1) is 11.3 Å². The van der Waals surface area contributed by atoms with Crippen molar-refractivity contribution in [2.75, 3.05) is 0 Å². The molecule has 10 aromatic rings. The van der Waals surface area contributed by atoms with Crippen LogP contribution < -0.4 is 0 Å². The summed E-state index contributed by atoms with van der Waals surface area (Å²) in [4.78, 5) is 15.2. The van der Waals surface area contributed by atoms with E-state index in [-0.39, 0.29) is 0 Å². The van der Waals surface area contributed by atoms with Crippen LogP contribution in [0.25, 0.3) is 76.6 Å². The number of aromatic nitrogens is 3. The van der Waals surface area contributed by atoms with E-state index in [1.165, 1.54) is 59.1 Å². The Balaban J connectivity index is 1.07. The summed E-state index contributed by atoms with van der Waals surface area (Å²) in [6, 6.07) is 71.7. The molecule has 0 atom stereocenters. The fourth-order valence-corrected chi connectivity index (χ4v) is 9.79. The third-order valence-corrected chi connectivity index (χ3v) is 12.4. The highest BCUT2D eigenvalue weighted by molar-refractivity contribution is 7.25. The van der Waals surface area contributed by atoms with Crippen molar-refractivity contribution in [1.82, 2.24) is 15.0 Å². The minimum absolute atomic E-state index is 0.518. The maximum absolute atomic E-state index is 5.11. The Morgan fingerprint density at radius 1 is 0.321 bits per heavy atom. The van der Waals surface area contributed by atoms with Crippen LogP contribution in [0.3, 0.4) is 0 Å². The second-order valence-corrected chi connectivity index (χ2v) is 15.4. The van der Waals surface area contributed by atoms with Gasteiger partial charge in [0, 0.05) is 36.9 Å². The van der Waals surface area contributed by atoms with Crippen molar-refractivity contribution in [2.24, 2.45) is 0 Å². The lowest BCUT2D eigenvalue weighted by Crippen LogP contribution is -2.28. The standard InChI is InChI=1S/C52H33N3S/c1-3-13-34(14-4-1)35-23-25-37(26-24-35)50-53-49(36-15-5-2-6-16-36)54-51(55-50)38-27-29-39(30-28-38)52(45-20-10-7-17-41(45)42-18-8-11-21-46(42)52)40-31-32-44-43-19-9-12-22-47(43)56-48(44)33-40/h1-33H. The van der Waals surface area contributed by atoms with Gasteiger partial charge in [-0.1, -0.05) is 188 Å². The van der Waals surface area contributed by atoms with E-state index in [2.05, 4.69) is 176 Å². The lowest BCUT2D eigenvalue weighted by Gasteiger charge is -2.34. The largest absolute Gasteiger partial charge is 0.208 e. The van der Waals surface area contributed by atoms with Crippen LogP contribution in [0.1, 0.15) is 22.3 Å². The van der Waals surface area contributed by atoms with Crippen molar-refractivity contribution in [3.8, 4) is 56.4 Å². The molecule has 0 fully saturated rings. The molecule has 262 valence electrons. The van der Waals surface area contributed by atoms with Crippen LogP contribution >= 0.6 is 11.3 Å². The minimum atomic E-state index is -0.518. The van der Waals surface area contributed by atoms with Gasteiger partial charge in [0.1, 0.15) is 0 Å². The first-order valence-corrected chi connectivity index (χ1v) is 19.8. The summed E-state index contributed by atoms with van der Waals surface area (Å²) < 4.78 is 2.61. The zero-order chi connectivity index (χ0) is 37.1. The van der Waals surface area contributed by atoms with Crippen molar-refractivity contribution < 1.29 is 0 Å². The van der Waals surface area contributed by atoms with Gasteiger partial charge in [-0.25, -0.2) is 15.0 Å². The number of nitrogens with zero attached hydrogens (tertiary/aromatic N) is 3. The Bertz CT molecular complexity index is 3010. The van der Waals surface area contributed by atoms with Crippen LogP contribution in [0, 0.1) is 0 Å². The highest BCUT2D eigenvalue weighted by atomic mass is 32.1. The van der Waals surface area contributed by atoms with Crippen LogP contribution in [0.5, 0.6) is 0 Å². The summed E-state index contributed by atoms with van der Waals surface area (Å²) in [6.45, 7) is 0. The van der Waals surface area contributed by atoms with Crippen molar-refractivity contribution in [3.63, 3.8) is 0 Å². The highest BCUT2D eigenvalue weighted by Crippen LogP contribution is 2.56. The van der Waals surface area contributed by atoms with Gasteiger partial charge >= 0.3 is 0 Å². The number of hydrogen-bond acceptors (Lipinski definition) is 4. The quantitative estimate of drug-likeness (QED) is 0.171. The first-order valence-electron chi connectivity index (χ1n) is 18.9. The van der Waals surface area contributed by atoms with E-state index in [0.717, 1.165) is 22.3 Å². The predicted molar refractivity (Wildman–Crippen MR) is 232 cm³/mol. The Kier molecular flexibility index (Phi) is 7.58. The molecule has 0 unspecified atom stereocenters. The summed E-state index contributed by atoms with van der Waals surface area (Å²) in [5.74, 6) is 1.93. The number of thiophene rings is 1. The van der Waals surface area contributed by atoms with Gasteiger partial charge in [-0.3, -0.25) is 0 Å². The summed E-state index contributed by atoms with van der Waals surface area (Å²) >= 11 is 1.87. The Labute approximate surface area is 329 Å². The average Bonchev–Trinajstić information content (AvgIpc) is 3.80. The van der Waals surface area contributed by atoms with Gasteiger partial charge in [0.25, 0.3) is 0 Å². The van der Waals surface area contributed by atoms with Crippen LogP contribution in [0.15, 0.2) is 200 Å². The van der Waals surface area contributed by atoms with Gasteiger partial charge < -0.3 is 0 Å². The molecule has 0 bridgehead atoms. The molecule has 4 heteroatoms. The molecule has 0 aliphatic heterocycles. The second kappa shape index (κ2) is 13.1. The van der Waals surface area contributed by atoms with E-state index in [4.69, 9.17) is 15.0 Å². The molecule has 56 heavy (non-hydrogen) atoms. The SMILES string of the molecule is c1ccc(-c2ccc(-c3nc(-c4ccccc4)nc(-c4ccc(C5(c6ccc7c(c6)sc6ccccc67)c6ccccc6-c6ccccc65)cc4)n3)cc2)cc1. The molecule has 2 heterocycles.